The summed E-state index contributed by atoms with van der Waals surface area (Å²) in [4.78, 5) is 0. The van der Waals surface area contributed by atoms with Gasteiger partial charge in [-0.3, -0.25) is 0 Å². The lowest BCUT2D eigenvalue weighted by atomic mass is 10.1. The van der Waals surface area contributed by atoms with Crippen molar-refractivity contribution in [3.63, 3.8) is 0 Å². The third-order valence-corrected chi connectivity index (χ3v) is 8.25. The van der Waals surface area contributed by atoms with Gasteiger partial charge in [0.15, 0.2) is 0 Å². The van der Waals surface area contributed by atoms with Gasteiger partial charge in [-0.1, -0.05) is 64.7 Å². The molecular weight excluding hydrogens is 284 g/mol. The summed E-state index contributed by atoms with van der Waals surface area (Å²) in [6.07, 6.45) is 13.6. The summed E-state index contributed by atoms with van der Waals surface area (Å²) in [5.41, 5.74) is 0. The Bertz CT molecular complexity index is 191. The van der Waals surface area contributed by atoms with Crippen molar-refractivity contribution in [2.24, 2.45) is 0 Å². The molecule has 0 aliphatic rings. The van der Waals surface area contributed by atoms with Crippen LogP contribution in [0.4, 0.5) is 0 Å². The number of hydrogen-bond acceptors (Lipinski definition) is 3. The zero-order valence-corrected chi connectivity index (χ0v) is 15.9. The second-order valence-electron chi connectivity index (χ2n) is 5.68. The first-order valence-corrected chi connectivity index (χ1v) is 11.3. The minimum Gasteiger partial charge on any atom is -0.398 e. The zero-order valence-electron chi connectivity index (χ0n) is 14.0. The molecule has 0 aromatic rings. The molecule has 0 radical (unpaired) electrons. The molecule has 0 unspecified atom stereocenters. The Balaban J connectivity index is 3.32. The fraction of sp³-hybridized carbons (Fsp3) is 1.00. The zero-order chi connectivity index (χ0) is 15.1. The highest BCUT2D eigenvalue weighted by Gasteiger charge is 2.32. The topological polar surface area (TPSA) is 18.5 Å². The molecule has 2 nitrogen and oxygen atoms in total. The molecule has 0 rings (SSSR count). The quantitative estimate of drug-likeness (QED) is 0.241. The van der Waals surface area contributed by atoms with Gasteiger partial charge < -0.3 is 8.85 Å². The van der Waals surface area contributed by atoms with Gasteiger partial charge in [-0.2, -0.15) is 12.6 Å². The van der Waals surface area contributed by atoms with Crippen LogP contribution < -0.4 is 0 Å². The van der Waals surface area contributed by atoms with Crippen molar-refractivity contribution >= 4 is 21.2 Å². The van der Waals surface area contributed by atoms with Crippen LogP contribution in [0.25, 0.3) is 0 Å². The van der Waals surface area contributed by atoms with E-state index in [9.17, 15) is 0 Å². The van der Waals surface area contributed by atoms with Crippen LogP contribution in [0.5, 0.6) is 0 Å². The van der Waals surface area contributed by atoms with Crippen molar-refractivity contribution in [1.82, 2.24) is 0 Å². The molecule has 0 saturated heterocycles. The average molecular weight is 321 g/mol. The Kier molecular flexibility index (Phi) is 14.8. The molecule has 0 amide bonds. The van der Waals surface area contributed by atoms with Crippen molar-refractivity contribution in [2.75, 3.05) is 20.0 Å². The third-order valence-electron chi connectivity index (χ3n) is 4.25. The van der Waals surface area contributed by atoms with Gasteiger partial charge >= 0.3 is 8.56 Å². The lowest BCUT2D eigenvalue weighted by Gasteiger charge is -2.25. The Morgan fingerprint density at radius 1 is 0.700 bits per heavy atom. The van der Waals surface area contributed by atoms with Crippen molar-refractivity contribution < 1.29 is 8.85 Å². The molecular formula is C16H36O2SSi. The van der Waals surface area contributed by atoms with Crippen molar-refractivity contribution in [3.05, 3.63) is 0 Å². The summed E-state index contributed by atoms with van der Waals surface area (Å²) >= 11 is 4.24. The van der Waals surface area contributed by atoms with E-state index in [0.717, 1.165) is 17.8 Å². The summed E-state index contributed by atoms with van der Waals surface area (Å²) in [6, 6.07) is 2.21. The number of rotatable bonds is 15. The Morgan fingerprint density at radius 2 is 1.10 bits per heavy atom. The lowest BCUT2D eigenvalue weighted by Crippen LogP contribution is -2.38. The van der Waals surface area contributed by atoms with Crippen LogP contribution in [0.3, 0.4) is 0 Å². The van der Waals surface area contributed by atoms with E-state index in [-0.39, 0.29) is 0 Å². The Morgan fingerprint density at radius 3 is 1.45 bits per heavy atom. The predicted molar refractivity (Wildman–Crippen MR) is 95.1 cm³/mol. The highest BCUT2D eigenvalue weighted by atomic mass is 32.1. The normalized spacial score (nSPS) is 12.0. The second-order valence-corrected chi connectivity index (χ2v) is 9.97. The fourth-order valence-electron chi connectivity index (χ4n) is 2.67. The van der Waals surface area contributed by atoms with Crippen LogP contribution in [0, 0.1) is 0 Å². The molecule has 0 aromatic carbocycles. The predicted octanol–water partition coefficient (Wildman–Crippen LogP) is 5.57. The van der Waals surface area contributed by atoms with E-state index in [4.69, 9.17) is 8.85 Å². The maximum absolute atomic E-state index is 5.64. The summed E-state index contributed by atoms with van der Waals surface area (Å²) in [5.74, 6) is 1.05. The van der Waals surface area contributed by atoms with Gasteiger partial charge in [0.05, 0.1) is 0 Å². The van der Waals surface area contributed by atoms with E-state index in [1.807, 2.05) is 14.2 Å². The van der Waals surface area contributed by atoms with E-state index < -0.39 is 8.56 Å². The molecule has 0 aliphatic carbocycles. The van der Waals surface area contributed by atoms with Gasteiger partial charge in [0.25, 0.3) is 0 Å². The molecule has 0 N–H and O–H groups in total. The number of thiol groups is 1. The average Bonchev–Trinajstić information content (AvgIpc) is 2.49. The van der Waals surface area contributed by atoms with Gasteiger partial charge in [0, 0.05) is 14.2 Å². The van der Waals surface area contributed by atoms with Crippen LogP contribution in [0.15, 0.2) is 0 Å². The van der Waals surface area contributed by atoms with Crippen LogP contribution in [-0.2, 0) is 8.85 Å². The molecule has 0 heterocycles. The van der Waals surface area contributed by atoms with Crippen LogP contribution in [0.2, 0.25) is 12.1 Å². The summed E-state index contributed by atoms with van der Waals surface area (Å²) in [7, 11) is 1.81. The maximum atomic E-state index is 5.64. The Hall–Kier alpha value is 0.487. The fourth-order valence-corrected chi connectivity index (χ4v) is 5.19. The minimum atomic E-state index is -1.82. The number of hydrogen-bond donors (Lipinski definition) is 1. The van der Waals surface area contributed by atoms with E-state index in [0.29, 0.717) is 0 Å². The van der Waals surface area contributed by atoms with E-state index in [2.05, 4.69) is 19.6 Å². The van der Waals surface area contributed by atoms with Gasteiger partial charge in [-0.15, -0.1) is 0 Å². The highest BCUT2D eigenvalue weighted by molar-refractivity contribution is 7.80. The van der Waals surface area contributed by atoms with Crippen LogP contribution >= 0.6 is 12.6 Å². The van der Waals surface area contributed by atoms with Gasteiger partial charge in [0.2, 0.25) is 0 Å². The smallest absolute Gasteiger partial charge is 0.337 e. The molecule has 0 aliphatic heterocycles. The van der Waals surface area contributed by atoms with Gasteiger partial charge in [-0.05, 0) is 24.3 Å². The van der Waals surface area contributed by atoms with Gasteiger partial charge in [-0.25, -0.2) is 0 Å². The molecule has 0 aromatic heterocycles. The first kappa shape index (κ1) is 20.5. The SMILES string of the molecule is CC[Si](CCCCCCCCCCCCS)(OC)OC. The lowest BCUT2D eigenvalue weighted by molar-refractivity contribution is 0.241. The van der Waals surface area contributed by atoms with Crippen molar-refractivity contribution in [1.29, 1.82) is 0 Å². The van der Waals surface area contributed by atoms with E-state index >= 15 is 0 Å². The summed E-state index contributed by atoms with van der Waals surface area (Å²) < 4.78 is 11.3. The molecule has 20 heavy (non-hydrogen) atoms. The Labute approximate surface area is 133 Å². The summed E-state index contributed by atoms with van der Waals surface area (Å²) in [6.45, 7) is 2.19. The highest BCUT2D eigenvalue weighted by Crippen LogP contribution is 2.21. The molecule has 0 atom stereocenters. The minimum absolute atomic E-state index is 1.05. The molecule has 0 bridgehead atoms. The molecule has 4 heteroatoms. The molecule has 0 saturated carbocycles. The van der Waals surface area contributed by atoms with Gasteiger partial charge in [0.1, 0.15) is 0 Å². The number of unbranched alkanes of at least 4 members (excludes halogenated alkanes) is 9. The van der Waals surface area contributed by atoms with Crippen molar-refractivity contribution in [3.8, 4) is 0 Å². The first-order valence-electron chi connectivity index (χ1n) is 8.46. The van der Waals surface area contributed by atoms with E-state index in [1.165, 1.54) is 64.2 Å². The second kappa shape index (κ2) is 14.4. The maximum Gasteiger partial charge on any atom is 0.337 e. The third kappa shape index (κ3) is 10.2. The van der Waals surface area contributed by atoms with Crippen molar-refractivity contribution in [2.45, 2.75) is 83.2 Å². The van der Waals surface area contributed by atoms with Crippen LogP contribution in [-0.4, -0.2) is 28.5 Å². The molecule has 122 valence electrons. The summed E-state index contributed by atoms with van der Waals surface area (Å²) in [5, 5.41) is 0. The van der Waals surface area contributed by atoms with E-state index in [1.54, 1.807) is 0 Å². The largest absolute Gasteiger partial charge is 0.398 e. The molecule has 0 spiro atoms. The van der Waals surface area contributed by atoms with Crippen LogP contribution in [0.1, 0.15) is 71.1 Å². The monoisotopic (exact) mass is 320 g/mol. The standard InChI is InChI=1S/C16H36O2SSi/c1-4-20(17-2,18-3)16-14-12-10-8-6-5-7-9-11-13-15-19/h19H,4-16H2,1-3H3. The molecule has 0 fully saturated rings. The first-order chi connectivity index (χ1) is 9.74.